The molecule has 2 saturated heterocycles. The van der Waals surface area contributed by atoms with Crippen molar-refractivity contribution in [1.29, 1.82) is 0 Å². The Morgan fingerprint density at radius 3 is 2.86 bits per heavy atom. The molecule has 2 fully saturated rings. The Morgan fingerprint density at radius 2 is 2.10 bits per heavy atom. The van der Waals surface area contributed by atoms with Crippen LogP contribution in [0.25, 0.3) is 0 Å². The number of ketones is 1. The van der Waals surface area contributed by atoms with E-state index in [1.54, 1.807) is 28.1 Å². The molecule has 3 heterocycles. The third-order valence-corrected chi connectivity index (χ3v) is 6.97. The number of likely N-dealkylation sites (tertiary alicyclic amines) is 1. The average Bonchev–Trinajstić information content (AvgIpc) is 3.47. The van der Waals surface area contributed by atoms with E-state index in [9.17, 15) is 14.4 Å². The molecule has 2 aromatic rings. The molecule has 4 rings (SSSR count). The first kappa shape index (κ1) is 20.1. The van der Waals surface area contributed by atoms with Gasteiger partial charge in [0.15, 0.2) is 5.78 Å². The van der Waals surface area contributed by atoms with Gasteiger partial charge < -0.3 is 15.0 Å². The van der Waals surface area contributed by atoms with E-state index in [2.05, 4.69) is 5.32 Å². The molecule has 0 aliphatic carbocycles. The number of hydrogen-bond acceptors (Lipinski definition) is 6. The highest BCUT2D eigenvalue weighted by Crippen LogP contribution is 2.28. The van der Waals surface area contributed by atoms with E-state index in [-0.39, 0.29) is 30.3 Å². The molecular formula is C21H22N2O4S2. The fourth-order valence-electron chi connectivity index (χ4n) is 3.72. The largest absolute Gasteiger partial charge is 0.368 e. The molecule has 0 unspecified atom stereocenters. The van der Waals surface area contributed by atoms with Gasteiger partial charge in [0.25, 0.3) is 5.91 Å². The highest BCUT2D eigenvalue weighted by atomic mass is 32.2. The minimum absolute atomic E-state index is 0.0549. The van der Waals surface area contributed by atoms with Crippen LogP contribution in [0.1, 0.15) is 22.3 Å². The van der Waals surface area contributed by atoms with Gasteiger partial charge in [-0.25, -0.2) is 0 Å². The fraction of sp³-hybridized carbons (Fsp3) is 0.381. The minimum atomic E-state index is -0.691. The molecule has 8 heteroatoms. The lowest BCUT2D eigenvalue weighted by molar-refractivity contribution is -0.137. The van der Waals surface area contributed by atoms with Crippen LogP contribution in [0.4, 0.5) is 0 Å². The Balaban J connectivity index is 1.45. The average molecular weight is 431 g/mol. The first-order valence-corrected chi connectivity index (χ1v) is 11.6. The van der Waals surface area contributed by atoms with Crippen molar-refractivity contribution in [1.82, 2.24) is 10.2 Å². The van der Waals surface area contributed by atoms with Crippen molar-refractivity contribution < 1.29 is 19.1 Å². The van der Waals surface area contributed by atoms with Gasteiger partial charge in [-0.3, -0.25) is 14.4 Å². The highest BCUT2D eigenvalue weighted by molar-refractivity contribution is 7.98. The van der Waals surface area contributed by atoms with Gasteiger partial charge in [-0.2, -0.15) is 23.1 Å². The summed E-state index contributed by atoms with van der Waals surface area (Å²) in [6, 6.07) is 10.5. The van der Waals surface area contributed by atoms with E-state index >= 15 is 0 Å². The molecule has 3 atom stereocenters. The standard InChI is InChI=1S/C21H22N2O4S2/c24-17-10-27-18-6-8-23(19(17)18)21(26)16(22-20(25)15-7-9-28-12-15)13-29-11-14-4-2-1-3-5-14/h1-5,7,9,12,16,18-19H,6,8,10-11,13H2,(H,22,25)/t16-,18+,19+/m0/s1. The molecule has 2 aliphatic heterocycles. The van der Waals surface area contributed by atoms with Gasteiger partial charge in [0.2, 0.25) is 5.91 Å². The van der Waals surface area contributed by atoms with Crippen LogP contribution in [-0.4, -0.2) is 59.6 Å². The van der Waals surface area contributed by atoms with Gasteiger partial charge in [0.05, 0.1) is 11.7 Å². The second-order valence-electron chi connectivity index (χ2n) is 7.12. The van der Waals surface area contributed by atoms with Crippen LogP contribution in [0, 0.1) is 0 Å². The molecule has 2 amide bonds. The van der Waals surface area contributed by atoms with Crippen molar-refractivity contribution >= 4 is 40.7 Å². The normalized spacial score (nSPS) is 21.8. The van der Waals surface area contributed by atoms with E-state index < -0.39 is 12.1 Å². The van der Waals surface area contributed by atoms with Crippen molar-refractivity contribution in [3.8, 4) is 0 Å². The zero-order valence-corrected chi connectivity index (χ0v) is 17.4. The van der Waals surface area contributed by atoms with Crippen LogP contribution in [0.15, 0.2) is 47.2 Å². The smallest absolute Gasteiger partial charge is 0.252 e. The summed E-state index contributed by atoms with van der Waals surface area (Å²) in [5.74, 6) is 0.649. The maximum atomic E-state index is 13.3. The van der Waals surface area contributed by atoms with Crippen molar-refractivity contribution in [3.63, 3.8) is 0 Å². The monoisotopic (exact) mass is 430 g/mol. The maximum Gasteiger partial charge on any atom is 0.252 e. The second kappa shape index (κ2) is 9.11. The topological polar surface area (TPSA) is 75.7 Å². The van der Waals surface area contributed by atoms with Gasteiger partial charge in [-0.15, -0.1) is 0 Å². The lowest BCUT2D eigenvalue weighted by Crippen LogP contribution is -2.53. The second-order valence-corrected chi connectivity index (χ2v) is 8.93. The summed E-state index contributed by atoms with van der Waals surface area (Å²) in [5, 5.41) is 6.47. The summed E-state index contributed by atoms with van der Waals surface area (Å²) in [7, 11) is 0. The van der Waals surface area contributed by atoms with E-state index in [1.165, 1.54) is 11.3 Å². The highest BCUT2D eigenvalue weighted by Gasteiger charge is 2.48. The summed E-state index contributed by atoms with van der Waals surface area (Å²) in [4.78, 5) is 39.6. The molecule has 0 spiro atoms. The van der Waals surface area contributed by atoms with E-state index in [4.69, 9.17) is 4.74 Å². The zero-order valence-electron chi connectivity index (χ0n) is 15.8. The molecule has 0 saturated carbocycles. The molecule has 29 heavy (non-hydrogen) atoms. The number of rotatable bonds is 7. The zero-order chi connectivity index (χ0) is 20.2. The number of hydrogen-bond donors (Lipinski definition) is 1. The Hall–Kier alpha value is -2.16. The summed E-state index contributed by atoms with van der Waals surface area (Å²) in [6.07, 6.45) is 0.446. The lowest BCUT2D eigenvalue weighted by Gasteiger charge is -2.27. The van der Waals surface area contributed by atoms with Gasteiger partial charge in [0, 0.05) is 23.4 Å². The molecule has 0 radical (unpaired) electrons. The predicted octanol–water partition coefficient (Wildman–Crippen LogP) is 2.35. The quantitative estimate of drug-likeness (QED) is 0.730. The number of nitrogens with one attached hydrogen (secondary N) is 1. The molecule has 1 aromatic heterocycles. The molecule has 152 valence electrons. The summed E-state index contributed by atoms with van der Waals surface area (Å²) in [6.45, 7) is 0.544. The first-order chi connectivity index (χ1) is 14.1. The predicted molar refractivity (Wildman–Crippen MR) is 113 cm³/mol. The van der Waals surface area contributed by atoms with Gasteiger partial charge in [-0.1, -0.05) is 30.3 Å². The number of carbonyl (C=O) groups excluding carboxylic acids is 3. The lowest BCUT2D eigenvalue weighted by atomic mass is 10.1. The third-order valence-electron chi connectivity index (χ3n) is 5.18. The molecule has 2 aliphatic rings. The van der Waals surface area contributed by atoms with E-state index in [0.29, 0.717) is 24.3 Å². The molecular weight excluding hydrogens is 408 g/mol. The van der Waals surface area contributed by atoms with Gasteiger partial charge in [0.1, 0.15) is 18.7 Å². The Morgan fingerprint density at radius 1 is 1.28 bits per heavy atom. The van der Waals surface area contributed by atoms with E-state index in [0.717, 1.165) is 11.3 Å². The minimum Gasteiger partial charge on any atom is -0.368 e. The Bertz CT molecular complexity index is 872. The number of carbonyl (C=O) groups is 3. The number of thioether (sulfide) groups is 1. The number of fused-ring (bicyclic) bond motifs is 1. The summed E-state index contributed by atoms with van der Waals surface area (Å²) in [5.41, 5.74) is 1.70. The van der Waals surface area contributed by atoms with Crippen LogP contribution >= 0.6 is 23.1 Å². The Kier molecular flexibility index (Phi) is 6.32. The summed E-state index contributed by atoms with van der Waals surface area (Å²) < 4.78 is 5.49. The number of benzene rings is 1. The summed E-state index contributed by atoms with van der Waals surface area (Å²) >= 11 is 3.03. The number of nitrogens with zero attached hydrogens (tertiary/aromatic N) is 1. The Labute approximate surface area is 177 Å². The number of thiophene rings is 1. The van der Waals surface area contributed by atoms with Crippen LogP contribution in [0.5, 0.6) is 0 Å². The first-order valence-electron chi connectivity index (χ1n) is 9.53. The van der Waals surface area contributed by atoms with Crippen LogP contribution in [-0.2, 0) is 20.1 Å². The third kappa shape index (κ3) is 4.55. The fourth-order valence-corrected chi connectivity index (χ4v) is 5.36. The van der Waals surface area contributed by atoms with Gasteiger partial charge >= 0.3 is 0 Å². The molecule has 1 N–H and O–H groups in total. The van der Waals surface area contributed by atoms with Crippen molar-refractivity contribution in [2.24, 2.45) is 0 Å². The molecule has 0 bridgehead atoms. The van der Waals surface area contributed by atoms with E-state index in [1.807, 2.05) is 35.7 Å². The number of ether oxygens (including phenoxy) is 1. The molecule has 6 nitrogen and oxygen atoms in total. The SMILES string of the molecule is O=C(N[C@@H](CSCc1ccccc1)C(=O)N1CC[C@H]2OCC(=O)[C@H]21)c1ccsc1. The van der Waals surface area contributed by atoms with Crippen LogP contribution < -0.4 is 5.32 Å². The molecule has 1 aromatic carbocycles. The van der Waals surface area contributed by atoms with Crippen molar-refractivity contribution in [2.75, 3.05) is 18.9 Å². The van der Waals surface area contributed by atoms with Crippen molar-refractivity contribution in [3.05, 3.63) is 58.3 Å². The number of Topliss-reactive ketones (excluding diaryl/α,β-unsaturated/α-hetero) is 1. The van der Waals surface area contributed by atoms with Crippen LogP contribution in [0.2, 0.25) is 0 Å². The van der Waals surface area contributed by atoms with Crippen molar-refractivity contribution in [2.45, 2.75) is 30.4 Å². The number of amides is 2. The maximum absolute atomic E-state index is 13.3. The van der Waals surface area contributed by atoms with Gasteiger partial charge in [-0.05, 0) is 23.4 Å². The van der Waals surface area contributed by atoms with Crippen LogP contribution in [0.3, 0.4) is 0 Å².